The lowest BCUT2D eigenvalue weighted by molar-refractivity contribution is -0.406. The van der Waals surface area contributed by atoms with Crippen LogP contribution in [0.2, 0.25) is 0 Å². The quantitative estimate of drug-likeness (QED) is 0.347. The van der Waals surface area contributed by atoms with E-state index in [0.29, 0.717) is 53.2 Å². The number of aromatic hydroxyl groups is 1. The van der Waals surface area contributed by atoms with Crippen molar-refractivity contribution in [3.05, 3.63) is 82.7 Å². The molecular weight excluding hydrogens is 438 g/mol. The van der Waals surface area contributed by atoms with Gasteiger partial charge in [-0.25, -0.2) is 4.79 Å². The van der Waals surface area contributed by atoms with E-state index in [1.807, 2.05) is 0 Å². The molecule has 0 unspecified atom stereocenters. The number of quaternary nitrogens is 1. The van der Waals surface area contributed by atoms with E-state index in [0.717, 1.165) is 5.56 Å². The number of hydrogen-bond acceptors (Lipinski definition) is 7. The predicted molar refractivity (Wildman–Crippen MR) is 123 cm³/mol. The summed E-state index contributed by atoms with van der Waals surface area (Å²) in [6.07, 6.45) is 1.75. The average molecular weight is 460 g/mol. The van der Waals surface area contributed by atoms with E-state index in [4.69, 9.17) is 18.6 Å². The van der Waals surface area contributed by atoms with E-state index in [2.05, 4.69) is 5.73 Å². The van der Waals surface area contributed by atoms with Gasteiger partial charge in [-0.05, 0) is 47.5 Å². The Hall–Kier alpha value is -4.30. The van der Waals surface area contributed by atoms with Crippen molar-refractivity contribution in [1.29, 1.82) is 0 Å². The maximum Gasteiger partial charge on any atom is 0.370 e. The fourth-order valence-electron chi connectivity index (χ4n) is 3.78. The highest BCUT2D eigenvalue weighted by atomic mass is 16.6. The largest absolute Gasteiger partial charge is 0.508 e. The molecule has 0 saturated heterocycles. The Labute approximate surface area is 194 Å². The highest BCUT2D eigenvalue weighted by Gasteiger charge is 2.21. The Balaban J connectivity index is 1.35. The molecule has 0 spiro atoms. The van der Waals surface area contributed by atoms with Crippen molar-refractivity contribution in [2.75, 3.05) is 13.2 Å². The number of rotatable bonds is 5. The van der Waals surface area contributed by atoms with Crippen LogP contribution in [0.5, 0.6) is 23.0 Å². The number of phenolic OH excluding ortho intramolecular Hbond substituents is 1. The smallest absolute Gasteiger partial charge is 0.370 e. The Kier molecular flexibility index (Phi) is 5.65. The normalized spacial score (nSPS) is 13.4. The van der Waals surface area contributed by atoms with Crippen LogP contribution in [0.15, 0.2) is 76.1 Å². The molecule has 8 nitrogen and oxygen atoms in total. The highest BCUT2D eigenvalue weighted by molar-refractivity contribution is 5.84. The third-order valence-corrected chi connectivity index (χ3v) is 5.57. The zero-order chi connectivity index (χ0) is 23.7. The van der Waals surface area contributed by atoms with Gasteiger partial charge in [-0.3, -0.25) is 4.79 Å². The standard InChI is InChI=1S/C26H21NO7/c27-21(11-15-1-4-17(28)5-2-15)26(30)34-18-6-7-19-23(13-18)33-14-20(25(19)29)16-3-8-22-24(12-16)32-10-9-31-22/h1-8,12-14,21,28H,9-11,27H2/p+1/t21-/m0/s1. The molecule has 0 radical (unpaired) electrons. The third-order valence-electron chi connectivity index (χ3n) is 5.57. The number of phenols is 1. The van der Waals surface area contributed by atoms with Gasteiger partial charge in [-0.1, -0.05) is 18.2 Å². The molecule has 0 saturated carbocycles. The predicted octanol–water partition coefficient (Wildman–Crippen LogP) is 2.70. The molecule has 0 bridgehead atoms. The second kappa shape index (κ2) is 8.92. The van der Waals surface area contributed by atoms with E-state index in [1.54, 1.807) is 54.6 Å². The minimum Gasteiger partial charge on any atom is -0.508 e. The van der Waals surface area contributed by atoms with Crippen molar-refractivity contribution in [2.45, 2.75) is 12.5 Å². The van der Waals surface area contributed by atoms with Crippen LogP contribution in [-0.2, 0) is 11.2 Å². The summed E-state index contributed by atoms with van der Waals surface area (Å²) in [6, 6.07) is 15.9. The minimum absolute atomic E-state index is 0.154. The van der Waals surface area contributed by atoms with Gasteiger partial charge in [0.15, 0.2) is 23.0 Å². The number of carbonyl (C=O) groups is 1. The first-order valence-electron chi connectivity index (χ1n) is 10.8. The second-order valence-corrected chi connectivity index (χ2v) is 7.98. The van der Waals surface area contributed by atoms with Crippen LogP contribution in [0, 0.1) is 0 Å². The first-order valence-corrected chi connectivity index (χ1v) is 10.8. The van der Waals surface area contributed by atoms with E-state index in [1.165, 1.54) is 12.3 Å². The molecule has 2 heterocycles. The monoisotopic (exact) mass is 460 g/mol. The van der Waals surface area contributed by atoms with E-state index >= 15 is 0 Å². The molecule has 4 N–H and O–H groups in total. The lowest BCUT2D eigenvalue weighted by atomic mass is 10.0. The first-order chi connectivity index (χ1) is 16.5. The topological polar surface area (TPSA) is 123 Å². The van der Waals surface area contributed by atoms with Crippen molar-refractivity contribution < 1.29 is 34.3 Å². The molecule has 34 heavy (non-hydrogen) atoms. The van der Waals surface area contributed by atoms with Crippen LogP contribution in [0.1, 0.15) is 5.56 Å². The summed E-state index contributed by atoms with van der Waals surface area (Å²) in [5.41, 5.74) is 5.87. The third kappa shape index (κ3) is 4.31. The van der Waals surface area contributed by atoms with Gasteiger partial charge in [0.05, 0.1) is 10.9 Å². The lowest BCUT2D eigenvalue weighted by Gasteiger charge is -2.18. The number of benzene rings is 3. The Bertz CT molecular complexity index is 1430. The maximum atomic E-state index is 13.1. The summed E-state index contributed by atoms with van der Waals surface area (Å²) < 4.78 is 22.3. The van der Waals surface area contributed by atoms with E-state index in [-0.39, 0.29) is 16.9 Å². The lowest BCUT2D eigenvalue weighted by Crippen LogP contribution is -2.67. The van der Waals surface area contributed by atoms with Crippen LogP contribution in [0.4, 0.5) is 0 Å². The summed E-state index contributed by atoms with van der Waals surface area (Å²) in [5.74, 6) is 1.12. The molecule has 0 aliphatic carbocycles. The highest BCUT2D eigenvalue weighted by Crippen LogP contribution is 2.34. The first kappa shape index (κ1) is 21.5. The molecule has 1 atom stereocenters. The molecule has 1 aliphatic heterocycles. The van der Waals surface area contributed by atoms with Gasteiger partial charge in [-0.2, -0.15) is 0 Å². The van der Waals surface area contributed by atoms with Crippen molar-refractivity contribution in [1.82, 2.24) is 0 Å². The molecule has 8 heteroatoms. The zero-order valence-corrected chi connectivity index (χ0v) is 18.2. The van der Waals surface area contributed by atoms with Crippen LogP contribution >= 0.6 is 0 Å². The number of esters is 1. The van der Waals surface area contributed by atoms with Crippen LogP contribution in [0.25, 0.3) is 22.1 Å². The second-order valence-electron chi connectivity index (χ2n) is 7.98. The van der Waals surface area contributed by atoms with Crippen LogP contribution in [-0.4, -0.2) is 30.3 Å². The fourth-order valence-corrected chi connectivity index (χ4v) is 3.78. The maximum absolute atomic E-state index is 13.1. The van der Waals surface area contributed by atoms with Gasteiger partial charge >= 0.3 is 5.97 Å². The fraction of sp³-hybridized carbons (Fsp3) is 0.154. The number of ether oxygens (including phenoxy) is 3. The van der Waals surface area contributed by atoms with Gasteiger partial charge in [0.2, 0.25) is 0 Å². The van der Waals surface area contributed by atoms with Crippen molar-refractivity contribution >= 4 is 16.9 Å². The molecule has 3 aromatic carbocycles. The summed E-state index contributed by atoms with van der Waals surface area (Å²) in [4.78, 5) is 25.6. The van der Waals surface area contributed by atoms with E-state index in [9.17, 15) is 14.7 Å². The summed E-state index contributed by atoms with van der Waals surface area (Å²) >= 11 is 0. The molecule has 0 amide bonds. The Morgan fingerprint density at radius 1 is 1.00 bits per heavy atom. The van der Waals surface area contributed by atoms with Gasteiger partial charge < -0.3 is 29.5 Å². The van der Waals surface area contributed by atoms with Gasteiger partial charge in [-0.15, -0.1) is 0 Å². The van der Waals surface area contributed by atoms with Gasteiger partial charge in [0.1, 0.15) is 36.6 Å². The SMILES string of the molecule is [NH3+][C@@H](Cc1ccc(O)cc1)C(=O)Oc1ccc2c(=O)c(-c3ccc4c(c3)OCCO4)coc2c1. The summed E-state index contributed by atoms with van der Waals surface area (Å²) in [7, 11) is 0. The Morgan fingerprint density at radius 3 is 2.56 bits per heavy atom. The van der Waals surface area contributed by atoms with Crippen molar-refractivity contribution in [3.8, 4) is 34.1 Å². The van der Waals surface area contributed by atoms with Crippen LogP contribution in [0.3, 0.4) is 0 Å². The van der Waals surface area contributed by atoms with Crippen LogP contribution < -0.4 is 25.4 Å². The zero-order valence-electron chi connectivity index (χ0n) is 18.2. The molecular formula is C26H22NO7+. The summed E-state index contributed by atoms with van der Waals surface area (Å²) in [5, 5.41) is 9.74. The average Bonchev–Trinajstić information content (AvgIpc) is 2.85. The van der Waals surface area contributed by atoms with Crippen molar-refractivity contribution in [3.63, 3.8) is 0 Å². The molecule has 5 rings (SSSR count). The van der Waals surface area contributed by atoms with Gasteiger partial charge in [0, 0.05) is 12.5 Å². The molecule has 1 aromatic heterocycles. The number of fused-ring (bicyclic) bond motifs is 2. The molecule has 1 aliphatic rings. The molecule has 172 valence electrons. The molecule has 4 aromatic rings. The number of carbonyl (C=O) groups excluding carboxylic acids is 1. The molecule has 0 fully saturated rings. The number of hydrogen-bond donors (Lipinski definition) is 2. The van der Waals surface area contributed by atoms with Gasteiger partial charge in [0.25, 0.3) is 0 Å². The minimum atomic E-state index is -0.648. The van der Waals surface area contributed by atoms with E-state index < -0.39 is 12.0 Å². The van der Waals surface area contributed by atoms with Crippen molar-refractivity contribution in [2.24, 2.45) is 0 Å². The Morgan fingerprint density at radius 2 is 1.76 bits per heavy atom. The summed E-state index contributed by atoms with van der Waals surface area (Å²) in [6.45, 7) is 0.941.